The third-order valence-electron chi connectivity index (χ3n) is 3.72. The van der Waals surface area contributed by atoms with Gasteiger partial charge in [0, 0.05) is 25.4 Å². The van der Waals surface area contributed by atoms with E-state index in [0.717, 1.165) is 5.56 Å². The van der Waals surface area contributed by atoms with Crippen molar-refractivity contribution in [3.05, 3.63) is 53.7 Å². The molecule has 7 nitrogen and oxygen atoms in total. The summed E-state index contributed by atoms with van der Waals surface area (Å²) in [4.78, 5) is 8.58. The standard InChI is InChI=1S/C19H24F2N4O3/c1-3-22-19(24-11-13-4-9-17(27-2)23-10-13)25-12-16(26)14-5-7-15(8-6-14)28-18(20)21/h4-10,16,18,26H,3,11-12H2,1-2H3,(H2,22,24,25). The van der Waals surface area contributed by atoms with Crippen LogP contribution in [0.25, 0.3) is 0 Å². The van der Waals surface area contributed by atoms with Crippen molar-refractivity contribution in [3.63, 3.8) is 0 Å². The van der Waals surface area contributed by atoms with Crippen molar-refractivity contribution in [2.24, 2.45) is 4.99 Å². The van der Waals surface area contributed by atoms with Gasteiger partial charge in [-0.15, -0.1) is 0 Å². The van der Waals surface area contributed by atoms with E-state index in [2.05, 4.69) is 25.3 Å². The molecule has 0 aliphatic rings. The normalized spacial score (nSPS) is 12.6. The van der Waals surface area contributed by atoms with E-state index >= 15 is 0 Å². The number of nitrogens with zero attached hydrogens (tertiary/aromatic N) is 2. The summed E-state index contributed by atoms with van der Waals surface area (Å²) in [5.74, 6) is 1.11. The van der Waals surface area contributed by atoms with Gasteiger partial charge < -0.3 is 25.2 Å². The van der Waals surface area contributed by atoms with Crippen LogP contribution >= 0.6 is 0 Å². The molecule has 28 heavy (non-hydrogen) atoms. The molecule has 1 unspecified atom stereocenters. The van der Waals surface area contributed by atoms with Gasteiger partial charge in [-0.1, -0.05) is 18.2 Å². The molecule has 0 fully saturated rings. The minimum absolute atomic E-state index is 0.0434. The van der Waals surface area contributed by atoms with Gasteiger partial charge >= 0.3 is 6.61 Å². The van der Waals surface area contributed by atoms with E-state index in [-0.39, 0.29) is 12.3 Å². The largest absolute Gasteiger partial charge is 0.481 e. The van der Waals surface area contributed by atoms with Crippen LogP contribution in [-0.4, -0.2) is 42.9 Å². The molecule has 2 rings (SSSR count). The number of aliphatic hydroxyl groups excluding tert-OH is 1. The van der Waals surface area contributed by atoms with Gasteiger partial charge in [0.05, 0.1) is 19.8 Å². The van der Waals surface area contributed by atoms with Gasteiger partial charge in [-0.25, -0.2) is 9.98 Å². The molecule has 3 N–H and O–H groups in total. The van der Waals surface area contributed by atoms with Crippen molar-refractivity contribution >= 4 is 5.96 Å². The number of methoxy groups -OCH3 is 1. The predicted octanol–water partition coefficient (Wildman–Crippen LogP) is 2.48. The first-order valence-electron chi connectivity index (χ1n) is 8.75. The summed E-state index contributed by atoms with van der Waals surface area (Å²) in [6.07, 6.45) is 0.844. The summed E-state index contributed by atoms with van der Waals surface area (Å²) in [6, 6.07) is 9.49. The Labute approximate surface area is 162 Å². The predicted molar refractivity (Wildman–Crippen MR) is 102 cm³/mol. The van der Waals surface area contributed by atoms with Gasteiger partial charge in [0.25, 0.3) is 0 Å². The van der Waals surface area contributed by atoms with Crippen molar-refractivity contribution in [1.82, 2.24) is 15.6 Å². The number of alkyl halides is 2. The van der Waals surface area contributed by atoms with E-state index in [1.165, 1.54) is 24.3 Å². The highest BCUT2D eigenvalue weighted by Gasteiger charge is 2.10. The van der Waals surface area contributed by atoms with Gasteiger partial charge in [-0.2, -0.15) is 8.78 Å². The molecular formula is C19H24F2N4O3. The number of ether oxygens (including phenoxy) is 2. The molecule has 2 aromatic rings. The fourth-order valence-corrected chi connectivity index (χ4v) is 2.32. The van der Waals surface area contributed by atoms with Gasteiger partial charge in [0.15, 0.2) is 5.96 Å². The van der Waals surface area contributed by atoms with E-state index in [1.807, 2.05) is 13.0 Å². The topological polar surface area (TPSA) is 88.0 Å². The number of aliphatic imine (C=N–C) groups is 1. The van der Waals surface area contributed by atoms with Crippen LogP contribution in [0, 0.1) is 0 Å². The Bertz CT molecular complexity index is 740. The van der Waals surface area contributed by atoms with E-state index in [9.17, 15) is 13.9 Å². The Morgan fingerprint density at radius 1 is 1.18 bits per heavy atom. The third-order valence-corrected chi connectivity index (χ3v) is 3.72. The smallest absolute Gasteiger partial charge is 0.387 e. The van der Waals surface area contributed by atoms with Crippen molar-refractivity contribution in [3.8, 4) is 11.6 Å². The van der Waals surface area contributed by atoms with E-state index < -0.39 is 12.7 Å². The minimum atomic E-state index is -2.88. The van der Waals surface area contributed by atoms with Crippen LogP contribution in [0.4, 0.5) is 8.78 Å². The zero-order valence-electron chi connectivity index (χ0n) is 15.7. The molecule has 0 saturated heterocycles. The van der Waals surface area contributed by atoms with Crippen molar-refractivity contribution in [2.75, 3.05) is 20.2 Å². The maximum Gasteiger partial charge on any atom is 0.387 e. The first-order chi connectivity index (χ1) is 13.5. The minimum Gasteiger partial charge on any atom is -0.481 e. The maximum absolute atomic E-state index is 12.2. The number of halogens is 2. The van der Waals surface area contributed by atoms with E-state index in [1.54, 1.807) is 19.4 Å². The Morgan fingerprint density at radius 2 is 1.93 bits per heavy atom. The number of aliphatic hydroxyl groups is 1. The lowest BCUT2D eigenvalue weighted by Crippen LogP contribution is -2.39. The molecule has 0 aliphatic heterocycles. The first-order valence-corrected chi connectivity index (χ1v) is 8.75. The fourth-order valence-electron chi connectivity index (χ4n) is 2.32. The molecule has 0 bridgehead atoms. The monoisotopic (exact) mass is 394 g/mol. The molecule has 0 amide bonds. The Kier molecular flexibility index (Phi) is 8.41. The molecule has 0 radical (unpaired) electrons. The van der Waals surface area contributed by atoms with Crippen LogP contribution in [0.15, 0.2) is 47.6 Å². The molecule has 152 valence electrons. The average Bonchev–Trinajstić information content (AvgIpc) is 2.70. The van der Waals surface area contributed by atoms with Crippen molar-refractivity contribution in [2.45, 2.75) is 26.2 Å². The number of pyridine rings is 1. The highest BCUT2D eigenvalue weighted by molar-refractivity contribution is 5.79. The number of nitrogens with one attached hydrogen (secondary N) is 2. The molecule has 0 saturated carbocycles. The molecule has 0 spiro atoms. The van der Waals surface area contributed by atoms with Gasteiger partial charge in [-0.05, 0) is 30.2 Å². The second-order valence-electron chi connectivity index (χ2n) is 5.75. The van der Waals surface area contributed by atoms with E-state index in [4.69, 9.17) is 4.74 Å². The van der Waals surface area contributed by atoms with Crippen LogP contribution in [0.5, 0.6) is 11.6 Å². The lowest BCUT2D eigenvalue weighted by molar-refractivity contribution is -0.0498. The lowest BCUT2D eigenvalue weighted by Gasteiger charge is -2.16. The number of rotatable bonds is 9. The zero-order valence-corrected chi connectivity index (χ0v) is 15.7. The summed E-state index contributed by atoms with van der Waals surface area (Å²) < 4.78 is 33.7. The average molecular weight is 394 g/mol. The highest BCUT2D eigenvalue weighted by atomic mass is 19.3. The lowest BCUT2D eigenvalue weighted by atomic mass is 10.1. The number of hydrogen-bond donors (Lipinski definition) is 3. The van der Waals surface area contributed by atoms with Crippen LogP contribution in [-0.2, 0) is 6.54 Å². The van der Waals surface area contributed by atoms with Crippen LogP contribution in [0.1, 0.15) is 24.2 Å². The summed E-state index contributed by atoms with van der Waals surface area (Å²) >= 11 is 0. The van der Waals surface area contributed by atoms with Gasteiger partial charge in [0.2, 0.25) is 5.88 Å². The quantitative estimate of drug-likeness (QED) is 0.447. The number of benzene rings is 1. The molecule has 0 aliphatic carbocycles. The summed E-state index contributed by atoms with van der Waals surface area (Å²) in [7, 11) is 1.55. The summed E-state index contributed by atoms with van der Waals surface area (Å²) in [6.45, 7) is 0.313. The maximum atomic E-state index is 12.2. The molecule has 1 aromatic heterocycles. The molecule has 1 heterocycles. The van der Waals surface area contributed by atoms with Crippen molar-refractivity contribution < 1.29 is 23.4 Å². The highest BCUT2D eigenvalue weighted by Crippen LogP contribution is 2.19. The second-order valence-corrected chi connectivity index (χ2v) is 5.75. The summed E-state index contributed by atoms with van der Waals surface area (Å²) in [5, 5.41) is 16.4. The SMILES string of the molecule is CCNC(=NCc1ccc(OC)nc1)NCC(O)c1ccc(OC(F)F)cc1. The fraction of sp³-hybridized carbons (Fsp3) is 0.368. The van der Waals surface area contributed by atoms with Crippen molar-refractivity contribution in [1.29, 1.82) is 0 Å². The molecule has 1 atom stereocenters. The molecular weight excluding hydrogens is 370 g/mol. The van der Waals surface area contributed by atoms with Gasteiger partial charge in [-0.3, -0.25) is 0 Å². The Morgan fingerprint density at radius 3 is 2.50 bits per heavy atom. The number of guanidine groups is 1. The number of hydrogen-bond acceptors (Lipinski definition) is 5. The van der Waals surface area contributed by atoms with E-state index in [0.29, 0.717) is 30.5 Å². The van der Waals surface area contributed by atoms with Gasteiger partial charge in [0.1, 0.15) is 5.75 Å². The first kappa shape index (κ1) is 21.4. The number of aromatic nitrogens is 1. The Hall–Kier alpha value is -2.94. The molecule has 9 heteroatoms. The third kappa shape index (κ3) is 6.99. The Balaban J connectivity index is 1.91. The zero-order chi connectivity index (χ0) is 20.4. The van der Waals surface area contributed by atoms with Crippen LogP contribution in [0.3, 0.4) is 0 Å². The van der Waals surface area contributed by atoms with Crippen LogP contribution in [0.2, 0.25) is 0 Å². The molecule has 1 aromatic carbocycles. The van der Waals surface area contributed by atoms with Crippen LogP contribution < -0.4 is 20.1 Å². The summed E-state index contributed by atoms with van der Waals surface area (Å²) in [5.41, 5.74) is 1.48. The second kappa shape index (κ2) is 11.0.